The van der Waals surface area contributed by atoms with E-state index in [0.717, 1.165) is 11.6 Å². The Morgan fingerprint density at radius 3 is 2.56 bits per heavy atom. The van der Waals surface area contributed by atoms with Gasteiger partial charge in [-0.25, -0.2) is 9.37 Å². The smallest absolute Gasteiger partial charge is 0.298 e. The minimum atomic E-state index is -0.638. The quantitative estimate of drug-likeness (QED) is 0.500. The van der Waals surface area contributed by atoms with Gasteiger partial charge in [0.1, 0.15) is 12.4 Å². The molecule has 0 atom stereocenters. The van der Waals surface area contributed by atoms with Crippen molar-refractivity contribution in [3.05, 3.63) is 87.1 Å². The maximum atomic E-state index is 13.7. The summed E-state index contributed by atoms with van der Waals surface area (Å²) in [6.07, 6.45) is 0. The minimum Gasteiger partial charge on any atom is -0.481 e. The Hall–Kier alpha value is -4.21. The van der Waals surface area contributed by atoms with E-state index in [2.05, 4.69) is 15.6 Å². The largest absolute Gasteiger partial charge is 0.481 e. The van der Waals surface area contributed by atoms with Crippen molar-refractivity contribution in [1.29, 1.82) is 0 Å². The van der Waals surface area contributed by atoms with Crippen LogP contribution in [0.3, 0.4) is 0 Å². The average molecular weight is 494 g/mol. The fourth-order valence-electron chi connectivity index (χ4n) is 4.07. The Morgan fingerprint density at radius 2 is 1.86 bits per heavy atom. The second kappa shape index (κ2) is 10.6. The first-order valence-electron chi connectivity index (χ1n) is 11.7. The van der Waals surface area contributed by atoms with Gasteiger partial charge in [0.2, 0.25) is 11.7 Å². The van der Waals surface area contributed by atoms with Crippen LogP contribution in [0.1, 0.15) is 45.8 Å². The van der Waals surface area contributed by atoms with Crippen molar-refractivity contribution in [2.24, 2.45) is 0 Å². The predicted molar refractivity (Wildman–Crippen MR) is 133 cm³/mol. The summed E-state index contributed by atoms with van der Waals surface area (Å²) in [7, 11) is 1.44. The number of ether oxygens (including phenoxy) is 1. The summed E-state index contributed by atoms with van der Waals surface area (Å²) in [5.74, 6) is -1.42. The summed E-state index contributed by atoms with van der Waals surface area (Å²) < 4.78 is 21.1. The van der Waals surface area contributed by atoms with E-state index >= 15 is 0 Å². The molecular weight excluding hydrogens is 465 g/mol. The molecule has 1 aliphatic rings. The minimum absolute atomic E-state index is 0.0754. The van der Waals surface area contributed by atoms with Gasteiger partial charge in [-0.15, -0.1) is 0 Å². The van der Waals surface area contributed by atoms with E-state index in [1.54, 1.807) is 0 Å². The lowest BCUT2D eigenvalue weighted by Crippen LogP contribution is -2.33. The van der Waals surface area contributed by atoms with Crippen molar-refractivity contribution >= 4 is 17.8 Å². The van der Waals surface area contributed by atoms with Gasteiger partial charge in [-0.05, 0) is 37.1 Å². The van der Waals surface area contributed by atoms with Crippen LogP contribution in [0, 0.1) is 5.82 Å². The molecule has 2 heterocycles. The van der Waals surface area contributed by atoms with E-state index in [9.17, 15) is 18.8 Å². The summed E-state index contributed by atoms with van der Waals surface area (Å²) in [5.41, 5.74) is 0.776. The molecule has 0 fully saturated rings. The summed E-state index contributed by atoms with van der Waals surface area (Å²) >= 11 is 0. The van der Waals surface area contributed by atoms with E-state index in [0.29, 0.717) is 24.6 Å². The number of hydrogen-bond donors (Lipinski definition) is 2. The highest BCUT2D eigenvalue weighted by molar-refractivity contribution is 5.97. The third-order valence-corrected chi connectivity index (χ3v) is 5.98. The topological polar surface area (TPSA) is 106 Å². The lowest BCUT2D eigenvalue weighted by atomic mass is 10.1. The van der Waals surface area contributed by atoms with Crippen LogP contribution in [0.15, 0.2) is 53.3 Å². The number of nitrogens with one attached hydrogen (secondary N) is 2. The summed E-state index contributed by atoms with van der Waals surface area (Å²) in [6.45, 7) is 5.01. The molecule has 2 N–H and O–H groups in total. The Bertz CT molecular complexity index is 1340. The highest BCUT2D eigenvalue weighted by Gasteiger charge is 2.30. The van der Waals surface area contributed by atoms with E-state index in [-0.39, 0.29) is 36.2 Å². The van der Waals surface area contributed by atoms with Crippen LogP contribution in [-0.4, -0.2) is 41.0 Å². The number of anilines is 1. The fraction of sp³-hybridized carbons (Fsp3) is 0.308. The molecule has 0 bridgehead atoms. The molecule has 2 amide bonds. The number of hydrogen-bond acceptors (Lipinski definition) is 6. The van der Waals surface area contributed by atoms with Gasteiger partial charge < -0.3 is 20.3 Å². The van der Waals surface area contributed by atoms with Gasteiger partial charge >= 0.3 is 0 Å². The molecule has 3 aromatic rings. The zero-order valence-electron chi connectivity index (χ0n) is 20.4. The highest BCUT2D eigenvalue weighted by atomic mass is 19.1. The second-order valence-electron chi connectivity index (χ2n) is 8.67. The van der Waals surface area contributed by atoms with E-state index in [4.69, 9.17) is 4.74 Å². The van der Waals surface area contributed by atoms with Crippen molar-refractivity contribution in [2.45, 2.75) is 39.6 Å². The van der Waals surface area contributed by atoms with E-state index in [1.807, 2.05) is 49.1 Å². The molecule has 36 heavy (non-hydrogen) atoms. The van der Waals surface area contributed by atoms with Gasteiger partial charge in [0.15, 0.2) is 5.69 Å². The number of carbonyl (C=O) groups excluding carboxylic acids is 2. The lowest BCUT2D eigenvalue weighted by Gasteiger charge is -2.22. The van der Waals surface area contributed by atoms with Crippen LogP contribution in [0.5, 0.6) is 5.75 Å². The fourth-order valence-corrected chi connectivity index (χ4v) is 4.07. The molecule has 0 saturated heterocycles. The number of aromatic nitrogens is 2. The summed E-state index contributed by atoms with van der Waals surface area (Å²) in [4.78, 5) is 45.3. The highest BCUT2D eigenvalue weighted by Crippen LogP contribution is 2.24. The molecule has 1 aromatic heterocycles. The van der Waals surface area contributed by atoms with Gasteiger partial charge in [0.25, 0.3) is 17.4 Å². The van der Waals surface area contributed by atoms with Crippen LogP contribution >= 0.6 is 0 Å². The first kappa shape index (κ1) is 24.9. The molecule has 9 nitrogen and oxygen atoms in total. The number of rotatable bonds is 8. The Balaban J connectivity index is 1.67. The van der Waals surface area contributed by atoms with E-state index in [1.165, 1.54) is 23.7 Å². The SMILES string of the molecule is CNC(=O)c1cc(F)ccc1CNC(=O)c1nc2n(c(=O)c1OCc1ccccc1)CCN2C(C)C. The van der Waals surface area contributed by atoms with Crippen LogP contribution in [0.25, 0.3) is 0 Å². The maximum Gasteiger partial charge on any atom is 0.298 e. The normalized spacial score (nSPS) is 12.4. The Morgan fingerprint density at radius 1 is 1.11 bits per heavy atom. The molecule has 0 unspecified atom stereocenters. The number of fused-ring (bicyclic) bond motifs is 1. The molecule has 10 heteroatoms. The number of amides is 2. The summed E-state index contributed by atoms with van der Waals surface area (Å²) in [6, 6.07) is 13.1. The predicted octanol–water partition coefficient (Wildman–Crippen LogP) is 2.48. The number of benzene rings is 2. The van der Waals surface area contributed by atoms with Gasteiger partial charge in [-0.1, -0.05) is 36.4 Å². The lowest BCUT2D eigenvalue weighted by molar-refractivity contribution is 0.0931. The molecular formula is C26H28FN5O4. The number of carbonyl (C=O) groups is 2. The molecule has 4 rings (SSSR count). The number of nitrogens with zero attached hydrogens (tertiary/aromatic N) is 3. The van der Waals surface area contributed by atoms with Gasteiger partial charge in [0, 0.05) is 38.3 Å². The third-order valence-electron chi connectivity index (χ3n) is 5.98. The maximum absolute atomic E-state index is 13.7. The molecule has 2 aromatic carbocycles. The van der Waals surface area contributed by atoms with Crippen LogP contribution in [-0.2, 0) is 19.7 Å². The standard InChI is InChI=1S/C26H28FN5O4/c1-16(2)31-11-12-32-25(35)22(36-15-17-7-5-4-6-8-17)21(30-26(31)32)24(34)29-14-18-9-10-19(27)13-20(18)23(33)28-3/h4-10,13,16H,11-12,14-15H2,1-3H3,(H,28,33)(H,29,34). The van der Waals surface area contributed by atoms with Gasteiger partial charge in [-0.3, -0.25) is 19.0 Å². The van der Waals surface area contributed by atoms with Crippen molar-refractivity contribution < 1.29 is 18.7 Å². The molecule has 1 aliphatic heterocycles. The second-order valence-corrected chi connectivity index (χ2v) is 8.67. The molecule has 0 saturated carbocycles. The van der Waals surface area contributed by atoms with Crippen molar-refractivity contribution in [3.63, 3.8) is 0 Å². The average Bonchev–Trinajstić information content (AvgIpc) is 3.32. The number of halogens is 1. The Labute approximate surface area is 207 Å². The first-order valence-corrected chi connectivity index (χ1v) is 11.7. The zero-order valence-corrected chi connectivity index (χ0v) is 20.4. The Kier molecular flexibility index (Phi) is 7.33. The zero-order chi connectivity index (χ0) is 25.8. The molecule has 188 valence electrons. The molecule has 0 spiro atoms. The first-order chi connectivity index (χ1) is 17.3. The van der Waals surface area contributed by atoms with Gasteiger partial charge in [0.05, 0.1) is 0 Å². The third kappa shape index (κ3) is 5.07. The van der Waals surface area contributed by atoms with Crippen LogP contribution < -0.4 is 25.8 Å². The van der Waals surface area contributed by atoms with Crippen molar-refractivity contribution in [1.82, 2.24) is 20.2 Å². The molecule has 0 radical (unpaired) electrons. The van der Waals surface area contributed by atoms with Crippen LogP contribution in [0.2, 0.25) is 0 Å². The van der Waals surface area contributed by atoms with Crippen molar-refractivity contribution in [2.75, 3.05) is 18.5 Å². The van der Waals surface area contributed by atoms with Gasteiger partial charge in [-0.2, -0.15) is 0 Å². The summed E-state index contributed by atoms with van der Waals surface area (Å²) in [5, 5.41) is 5.17. The monoisotopic (exact) mass is 493 g/mol. The van der Waals surface area contributed by atoms with Crippen LogP contribution in [0.4, 0.5) is 10.3 Å². The van der Waals surface area contributed by atoms with E-state index < -0.39 is 23.2 Å². The molecule has 0 aliphatic carbocycles. The van der Waals surface area contributed by atoms with Crippen molar-refractivity contribution in [3.8, 4) is 5.75 Å².